The molecular weight excluding hydrogens is 196 g/mol. The van der Waals surface area contributed by atoms with E-state index in [0.29, 0.717) is 13.2 Å². The van der Waals surface area contributed by atoms with Crippen LogP contribution < -0.4 is 0 Å². The Morgan fingerprint density at radius 1 is 1.60 bits per heavy atom. The van der Waals surface area contributed by atoms with Crippen LogP contribution in [-0.4, -0.2) is 73.9 Å². The van der Waals surface area contributed by atoms with Gasteiger partial charge in [-0.2, -0.15) is 0 Å². The zero-order valence-corrected chi connectivity index (χ0v) is 9.48. The molecule has 5 heteroatoms. The fourth-order valence-electron chi connectivity index (χ4n) is 1.70. The highest BCUT2D eigenvalue weighted by Crippen LogP contribution is 2.10. The molecule has 1 aliphatic rings. The Labute approximate surface area is 90.6 Å². The van der Waals surface area contributed by atoms with Gasteiger partial charge in [0.05, 0.1) is 19.6 Å². The lowest BCUT2D eigenvalue weighted by atomic mass is 10.1. The summed E-state index contributed by atoms with van der Waals surface area (Å²) in [4.78, 5) is 15.0. The summed E-state index contributed by atoms with van der Waals surface area (Å²) in [5.41, 5.74) is 0. The van der Waals surface area contributed by atoms with Crippen molar-refractivity contribution in [3.05, 3.63) is 0 Å². The highest BCUT2D eigenvalue weighted by Gasteiger charge is 2.24. The highest BCUT2D eigenvalue weighted by molar-refractivity contribution is 5.67. The normalized spacial score (nSPS) is 23.3. The number of carboxylic acid groups (broad SMARTS) is 1. The van der Waals surface area contributed by atoms with Crippen LogP contribution >= 0.6 is 0 Å². The van der Waals surface area contributed by atoms with Crippen molar-refractivity contribution in [3.8, 4) is 0 Å². The van der Waals surface area contributed by atoms with Gasteiger partial charge >= 0.3 is 5.97 Å². The topological polar surface area (TPSA) is 53.0 Å². The quantitative estimate of drug-likeness (QED) is 0.685. The predicted molar refractivity (Wildman–Crippen MR) is 57.0 cm³/mol. The lowest BCUT2D eigenvalue weighted by molar-refractivity contribution is -0.140. The summed E-state index contributed by atoms with van der Waals surface area (Å²) in [7, 11) is 4.04. The molecule has 88 valence electrons. The van der Waals surface area contributed by atoms with Crippen molar-refractivity contribution in [3.63, 3.8) is 0 Å². The van der Waals surface area contributed by atoms with Gasteiger partial charge in [-0.25, -0.2) is 0 Å². The minimum atomic E-state index is -0.750. The third-order valence-corrected chi connectivity index (χ3v) is 2.59. The second-order valence-electron chi connectivity index (χ2n) is 4.17. The molecule has 0 aromatic carbocycles. The van der Waals surface area contributed by atoms with E-state index >= 15 is 0 Å². The van der Waals surface area contributed by atoms with E-state index in [4.69, 9.17) is 9.84 Å². The second-order valence-corrected chi connectivity index (χ2v) is 4.17. The van der Waals surface area contributed by atoms with Crippen molar-refractivity contribution in [2.75, 3.05) is 46.9 Å². The second kappa shape index (κ2) is 6.05. The Bertz CT molecular complexity index is 209. The first-order valence-corrected chi connectivity index (χ1v) is 5.28. The number of hydrogen-bond acceptors (Lipinski definition) is 4. The molecule has 0 bridgehead atoms. The fourth-order valence-corrected chi connectivity index (χ4v) is 1.70. The summed E-state index contributed by atoms with van der Waals surface area (Å²) >= 11 is 0. The molecule has 1 heterocycles. The first-order valence-electron chi connectivity index (χ1n) is 5.28. The molecule has 1 atom stereocenters. The number of likely N-dealkylation sites (N-methyl/N-ethyl adjacent to an activating group) is 1. The molecule has 0 aliphatic carbocycles. The van der Waals surface area contributed by atoms with Crippen LogP contribution in [0.25, 0.3) is 0 Å². The SMILES string of the molecule is CN(C)CCN1CCOCC1CC(=O)O. The van der Waals surface area contributed by atoms with Crippen molar-refractivity contribution < 1.29 is 14.6 Å². The summed E-state index contributed by atoms with van der Waals surface area (Å²) in [6, 6.07) is 0.0381. The number of aliphatic carboxylic acids is 1. The van der Waals surface area contributed by atoms with E-state index in [1.807, 2.05) is 14.1 Å². The van der Waals surface area contributed by atoms with Gasteiger partial charge in [0, 0.05) is 25.7 Å². The molecule has 1 fully saturated rings. The van der Waals surface area contributed by atoms with Gasteiger partial charge in [-0.05, 0) is 14.1 Å². The fraction of sp³-hybridized carbons (Fsp3) is 0.900. The van der Waals surface area contributed by atoms with Crippen molar-refractivity contribution in [1.29, 1.82) is 0 Å². The minimum Gasteiger partial charge on any atom is -0.481 e. The largest absolute Gasteiger partial charge is 0.481 e. The van der Waals surface area contributed by atoms with Crippen LogP contribution in [0.1, 0.15) is 6.42 Å². The lowest BCUT2D eigenvalue weighted by Crippen LogP contribution is -2.48. The van der Waals surface area contributed by atoms with E-state index in [9.17, 15) is 4.79 Å². The molecule has 0 saturated carbocycles. The molecule has 5 nitrogen and oxygen atoms in total. The molecule has 1 unspecified atom stereocenters. The summed E-state index contributed by atoms with van der Waals surface area (Å²) in [5.74, 6) is -0.750. The van der Waals surface area contributed by atoms with Crippen molar-refractivity contribution in [1.82, 2.24) is 9.80 Å². The van der Waals surface area contributed by atoms with Crippen LogP contribution in [0.15, 0.2) is 0 Å². The number of rotatable bonds is 5. The van der Waals surface area contributed by atoms with Crippen molar-refractivity contribution in [2.45, 2.75) is 12.5 Å². The van der Waals surface area contributed by atoms with Crippen molar-refractivity contribution in [2.24, 2.45) is 0 Å². The Balaban J connectivity index is 2.39. The maximum Gasteiger partial charge on any atom is 0.305 e. The summed E-state index contributed by atoms with van der Waals surface area (Å²) in [6.45, 7) is 3.96. The van der Waals surface area contributed by atoms with E-state index in [1.165, 1.54) is 0 Å². The first kappa shape index (κ1) is 12.4. The Morgan fingerprint density at radius 2 is 2.33 bits per heavy atom. The van der Waals surface area contributed by atoms with E-state index in [-0.39, 0.29) is 12.5 Å². The van der Waals surface area contributed by atoms with Gasteiger partial charge in [-0.15, -0.1) is 0 Å². The minimum absolute atomic E-state index is 0.0381. The third-order valence-electron chi connectivity index (χ3n) is 2.59. The Kier molecular flexibility index (Phi) is 5.01. The molecule has 1 saturated heterocycles. The molecule has 1 aliphatic heterocycles. The van der Waals surface area contributed by atoms with Crippen LogP contribution in [0.2, 0.25) is 0 Å². The number of morpholine rings is 1. The molecule has 0 spiro atoms. The number of nitrogens with zero attached hydrogens (tertiary/aromatic N) is 2. The van der Waals surface area contributed by atoms with Gasteiger partial charge in [-0.1, -0.05) is 0 Å². The van der Waals surface area contributed by atoms with Crippen LogP contribution in [-0.2, 0) is 9.53 Å². The predicted octanol–water partition coefficient (Wildman–Crippen LogP) is -0.276. The molecule has 1 rings (SSSR count). The lowest BCUT2D eigenvalue weighted by Gasteiger charge is -2.35. The smallest absolute Gasteiger partial charge is 0.305 e. The van der Waals surface area contributed by atoms with Gasteiger partial charge in [0.1, 0.15) is 0 Å². The van der Waals surface area contributed by atoms with E-state index in [2.05, 4.69) is 9.80 Å². The Hall–Kier alpha value is -0.650. The average molecular weight is 216 g/mol. The molecule has 0 aromatic heterocycles. The summed E-state index contributed by atoms with van der Waals surface area (Å²) in [5, 5.41) is 8.77. The van der Waals surface area contributed by atoms with Gasteiger partial charge in [0.2, 0.25) is 0 Å². The van der Waals surface area contributed by atoms with Gasteiger partial charge in [0.15, 0.2) is 0 Å². The number of ether oxygens (including phenoxy) is 1. The maximum atomic E-state index is 10.7. The van der Waals surface area contributed by atoms with Crippen LogP contribution in [0.4, 0.5) is 0 Å². The van der Waals surface area contributed by atoms with Crippen LogP contribution in [0.5, 0.6) is 0 Å². The summed E-state index contributed by atoms with van der Waals surface area (Å²) < 4.78 is 5.30. The highest BCUT2D eigenvalue weighted by atomic mass is 16.5. The van der Waals surface area contributed by atoms with Gasteiger partial charge < -0.3 is 14.7 Å². The zero-order chi connectivity index (χ0) is 11.3. The van der Waals surface area contributed by atoms with E-state index in [1.54, 1.807) is 0 Å². The third kappa shape index (κ3) is 4.59. The van der Waals surface area contributed by atoms with Crippen LogP contribution in [0, 0.1) is 0 Å². The molecule has 0 amide bonds. The number of hydrogen-bond donors (Lipinski definition) is 1. The van der Waals surface area contributed by atoms with E-state index in [0.717, 1.165) is 19.6 Å². The number of carboxylic acids is 1. The monoisotopic (exact) mass is 216 g/mol. The van der Waals surface area contributed by atoms with Crippen LogP contribution in [0.3, 0.4) is 0 Å². The Morgan fingerprint density at radius 3 is 2.93 bits per heavy atom. The molecule has 15 heavy (non-hydrogen) atoms. The molecule has 1 N–H and O–H groups in total. The maximum absolute atomic E-state index is 10.7. The van der Waals surface area contributed by atoms with Gasteiger partial charge in [0.25, 0.3) is 0 Å². The number of carbonyl (C=O) groups is 1. The average Bonchev–Trinajstić information content (AvgIpc) is 2.15. The standard InChI is InChI=1S/C10H20N2O3/c1-11(2)3-4-12-5-6-15-8-9(12)7-10(13)14/h9H,3-8H2,1-2H3,(H,13,14). The van der Waals surface area contributed by atoms with Crippen molar-refractivity contribution >= 4 is 5.97 Å². The van der Waals surface area contributed by atoms with Gasteiger partial charge in [-0.3, -0.25) is 9.69 Å². The van der Waals surface area contributed by atoms with E-state index < -0.39 is 5.97 Å². The first-order chi connectivity index (χ1) is 7.09. The molecule has 0 aromatic rings. The zero-order valence-electron chi connectivity index (χ0n) is 9.48. The molecular formula is C10H20N2O3. The molecule has 0 radical (unpaired) electrons. The summed E-state index contributed by atoms with van der Waals surface area (Å²) in [6.07, 6.45) is 0.174.